The van der Waals surface area contributed by atoms with E-state index in [0.29, 0.717) is 0 Å². The van der Waals surface area contributed by atoms with Gasteiger partial charge in [-0.15, -0.1) is 6.58 Å². The zero-order chi connectivity index (χ0) is 12.0. The van der Waals surface area contributed by atoms with Crippen LogP contribution in [0.25, 0.3) is 0 Å². The van der Waals surface area contributed by atoms with E-state index in [1.807, 2.05) is 0 Å². The lowest BCUT2D eigenvalue weighted by Crippen LogP contribution is -2.35. The molecule has 0 amide bonds. The second kappa shape index (κ2) is 6.60. The lowest BCUT2D eigenvalue weighted by molar-refractivity contribution is 0.339. The van der Waals surface area contributed by atoms with E-state index in [0.717, 1.165) is 0 Å². The molecular formula is C14H29NSi. The molecule has 0 N–H and O–H groups in total. The summed E-state index contributed by atoms with van der Waals surface area (Å²) < 4.78 is 0. The highest BCUT2D eigenvalue weighted by Crippen LogP contribution is 2.29. The number of hydrogen-bond acceptors (Lipinski definition) is 1. The first kappa shape index (κ1) is 14.0. The van der Waals surface area contributed by atoms with Crippen molar-refractivity contribution in [3.05, 3.63) is 11.8 Å². The lowest BCUT2D eigenvalue weighted by Gasteiger charge is -2.30. The molecule has 0 aromatic rings. The first-order valence-corrected chi connectivity index (χ1v) is 9.65. The lowest BCUT2D eigenvalue weighted by atomic mass is 10.4. The van der Waals surface area contributed by atoms with Crippen LogP contribution in [0.3, 0.4) is 0 Å². The predicted molar refractivity (Wildman–Crippen MR) is 76.6 cm³/mol. The summed E-state index contributed by atoms with van der Waals surface area (Å²) in [5, 5.41) is 1.53. The Labute approximate surface area is 103 Å². The van der Waals surface area contributed by atoms with Crippen LogP contribution < -0.4 is 0 Å². The van der Waals surface area contributed by atoms with Crippen molar-refractivity contribution in [1.82, 2.24) is 4.90 Å². The van der Waals surface area contributed by atoms with Gasteiger partial charge in [0.2, 0.25) is 0 Å². The molecule has 0 atom stereocenters. The average molecular weight is 239 g/mol. The van der Waals surface area contributed by atoms with Crippen LogP contribution in [0.15, 0.2) is 11.8 Å². The van der Waals surface area contributed by atoms with Crippen molar-refractivity contribution in [2.75, 3.05) is 19.6 Å². The van der Waals surface area contributed by atoms with E-state index in [2.05, 4.69) is 32.3 Å². The Kier molecular flexibility index (Phi) is 5.77. The summed E-state index contributed by atoms with van der Waals surface area (Å²) in [6, 6.07) is 4.24. The Balaban J connectivity index is 2.34. The third-order valence-electron chi connectivity index (χ3n) is 4.59. The summed E-state index contributed by atoms with van der Waals surface area (Å²) >= 11 is 0. The molecule has 0 aromatic heterocycles. The first-order valence-electron chi connectivity index (χ1n) is 7.03. The molecule has 1 aliphatic rings. The zero-order valence-corrected chi connectivity index (χ0v) is 12.5. The zero-order valence-electron chi connectivity index (χ0n) is 11.5. The monoisotopic (exact) mass is 239 g/mol. The Hall–Kier alpha value is -0.0831. The molecule has 16 heavy (non-hydrogen) atoms. The maximum atomic E-state index is 4.27. The van der Waals surface area contributed by atoms with Gasteiger partial charge in [0.1, 0.15) is 0 Å². The highest BCUT2D eigenvalue weighted by Gasteiger charge is 2.29. The number of nitrogens with zero attached hydrogens (tertiary/aromatic N) is 1. The molecule has 0 aromatic carbocycles. The van der Waals surface area contributed by atoms with Gasteiger partial charge >= 0.3 is 0 Å². The van der Waals surface area contributed by atoms with Crippen LogP contribution in [-0.4, -0.2) is 32.6 Å². The second-order valence-corrected chi connectivity index (χ2v) is 10.7. The van der Waals surface area contributed by atoms with Crippen molar-refractivity contribution in [3.8, 4) is 0 Å². The molecular weight excluding hydrogens is 210 g/mol. The molecule has 0 bridgehead atoms. The maximum absolute atomic E-state index is 4.27. The average Bonchev–Trinajstić information content (AvgIpc) is 2.77. The van der Waals surface area contributed by atoms with E-state index in [4.69, 9.17) is 0 Å². The van der Waals surface area contributed by atoms with Gasteiger partial charge in [-0.3, -0.25) is 0 Å². The summed E-state index contributed by atoms with van der Waals surface area (Å²) in [5.41, 5.74) is 0. The van der Waals surface area contributed by atoms with Crippen LogP contribution in [0.4, 0.5) is 0 Å². The quantitative estimate of drug-likeness (QED) is 0.605. The fourth-order valence-electron chi connectivity index (χ4n) is 3.07. The van der Waals surface area contributed by atoms with E-state index in [-0.39, 0.29) is 0 Å². The molecule has 0 saturated carbocycles. The van der Waals surface area contributed by atoms with Gasteiger partial charge in [-0.25, -0.2) is 0 Å². The Morgan fingerprint density at radius 1 is 1.19 bits per heavy atom. The summed E-state index contributed by atoms with van der Waals surface area (Å²) in [6.07, 6.45) is 4.25. The normalized spacial score (nSPS) is 17.9. The number of likely N-dealkylation sites (tertiary alicyclic amines) is 1. The molecule has 1 heterocycles. The molecule has 0 radical (unpaired) electrons. The van der Waals surface area contributed by atoms with Gasteiger partial charge in [0.05, 0.1) is 8.07 Å². The molecule has 1 aliphatic heterocycles. The van der Waals surface area contributed by atoms with Crippen LogP contribution in [0.1, 0.15) is 40.0 Å². The van der Waals surface area contributed by atoms with Gasteiger partial charge in [0.25, 0.3) is 0 Å². The van der Waals surface area contributed by atoms with E-state index in [1.165, 1.54) is 62.2 Å². The molecule has 0 unspecified atom stereocenters. The van der Waals surface area contributed by atoms with Crippen LogP contribution >= 0.6 is 0 Å². The molecule has 0 aliphatic carbocycles. The molecule has 2 heteroatoms. The van der Waals surface area contributed by atoms with Crippen molar-refractivity contribution in [1.29, 1.82) is 0 Å². The third-order valence-corrected chi connectivity index (χ3v) is 10.4. The second-order valence-electron chi connectivity index (χ2n) is 5.42. The molecule has 1 fully saturated rings. The van der Waals surface area contributed by atoms with Crippen LogP contribution in [0.2, 0.25) is 18.1 Å². The standard InChI is InChI=1S/C14H29NSi/c1-5-16(6-2,14(3)4)13-9-12-15-10-7-8-11-15/h3,5-13H2,1-2,4H3. The van der Waals surface area contributed by atoms with Crippen molar-refractivity contribution in [2.45, 2.75) is 58.2 Å². The van der Waals surface area contributed by atoms with E-state index < -0.39 is 8.07 Å². The van der Waals surface area contributed by atoms with Gasteiger partial charge in [0, 0.05) is 0 Å². The minimum atomic E-state index is -1.11. The number of rotatable bonds is 7. The summed E-state index contributed by atoms with van der Waals surface area (Å²) in [6.45, 7) is 15.3. The van der Waals surface area contributed by atoms with E-state index in [1.54, 1.807) is 0 Å². The molecule has 0 spiro atoms. The van der Waals surface area contributed by atoms with Gasteiger partial charge in [-0.1, -0.05) is 37.2 Å². The fourth-order valence-corrected chi connectivity index (χ4v) is 6.74. The van der Waals surface area contributed by atoms with Gasteiger partial charge < -0.3 is 4.90 Å². The molecule has 94 valence electrons. The van der Waals surface area contributed by atoms with Gasteiger partial charge in [-0.05, 0) is 45.8 Å². The van der Waals surface area contributed by atoms with Crippen molar-refractivity contribution < 1.29 is 0 Å². The molecule has 1 saturated heterocycles. The summed E-state index contributed by atoms with van der Waals surface area (Å²) in [4.78, 5) is 2.64. The number of allylic oxidation sites excluding steroid dienone is 1. The maximum Gasteiger partial charge on any atom is 0.0799 e. The van der Waals surface area contributed by atoms with Crippen LogP contribution in [-0.2, 0) is 0 Å². The van der Waals surface area contributed by atoms with Crippen molar-refractivity contribution >= 4 is 8.07 Å². The SMILES string of the molecule is C=C(C)[Si](CC)(CC)CCCN1CCCC1. The predicted octanol–water partition coefficient (Wildman–Crippen LogP) is 4.08. The minimum Gasteiger partial charge on any atom is -0.303 e. The van der Waals surface area contributed by atoms with E-state index in [9.17, 15) is 0 Å². The Bertz CT molecular complexity index is 215. The fraction of sp³-hybridized carbons (Fsp3) is 0.857. The minimum absolute atomic E-state index is 1.11. The van der Waals surface area contributed by atoms with Gasteiger partial charge in [-0.2, -0.15) is 0 Å². The number of hydrogen-bond donors (Lipinski definition) is 0. The summed E-state index contributed by atoms with van der Waals surface area (Å²) in [7, 11) is -1.11. The molecule has 1 rings (SSSR count). The van der Waals surface area contributed by atoms with E-state index >= 15 is 0 Å². The highest BCUT2D eigenvalue weighted by molar-refractivity contribution is 6.86. The largest absolute Gasteiger partial charge is 0.303 e. The van der Waals surface area contributed by atoms with Crippen molar-refractivity contribution in [3.63, 3.8) is 0 Å². The Morgan fingerprint density at radius 2 is 1.75 bits per heavy atom. The van der Waals surface area contributed by atoms with Crippen molar-refractivity contribution in [2.24, 2.45) is 0 Å². The van der Waals surface area contributed by atoms with Crippen LogP contribution in [0, 0.1) is 0 Å². The third kappa shape index (κ3) is 3.46. The first-order chi connectivity index (χ1) is 7.64. The smallest absolute Gasteiger partial charge is 0.0799 e. The summed E-state index contributed by atoms with van der Waals surface area (Å²) in [5.74, 6) is 0. The topological polar surface area (TPSA) is 3.24 Å². The molecule has 1 nitrogen and oxygen atoms in total. The highest BCUT2D eigenvalue weighted by atomic mass is 28.3. The van der Waals surface area contributed by atoms with Gasteiger partial charge in [0.15, 0.2) is 0 Å². The Morgan fingerprint density at radius 3 is 2.19 bits per heavy atom. The van der Waals surface area contributed by atoms with Crippen LogP contribution in [0.5, 0.6) is 0 Å².